The highest BCUT2D eigenvalue weighted by molar-refractivity contribution is 7.10. The molecular formula is C20H24N3O2S+. The van der Waals surface area contributed by atoms with Crippen molar-refractivity contribution >= 4 is 28.8 Å². The van der Waals surface area contributed by atoms with Gasteiger partial charge in [-0.05, 0) is 36.4 Å². The van der Waals surface area contributed by atoms with Crippen LogP contribution < -0.4 is 15.5 Å². The van der Waals surface area contributed by atoms with Crippen molar-refractivity contribution in [1.29, 1.82) is 0 Å². The first-order valence-corrected chi connectivity index (χ1v) is 10.2. The molecule has 4 rings (SSSR count). The number of benzene rings is 1. The Bertz CT molecular complexity index is 786. The summed E-state index contributed by atoms with van der Waals surface area (Å²) in [5, 5.41) is 8.05. The minimum atomic E-state index is -0.103. The van der Waals surface area contributed by atoms with Gasteiger partial charge in [0.25, 0.3) is 11.8 Å². The summed E-state index contributed by atoms with van der Waals surface area (Å²) in [5.74, 6) is -0.136. The summed E-state index contributed by atoms with van der Waals surface area (Å²) in [4.78, 5) is 27.7. The number of para-hydroxylation sites is 1. The van der Waals surface area contributed by atoms with E-state index in [9.17, 15) is 9.59 Å². The van der Waals surface area contributed by atoms with Crippen LogP contribution in [0.3, 0.4) is 0 Å². The van der Waals surface area contributed by atoms with Gasteiger partial charge in [0.2, 0.25) is 0 Å². The molecule has 1 aromatic carbocycles. The van der Waals surface area contributed by atoms with Gasteiger partial charge in [0.05, 0.1) is 22.7 Å². The molecule has 2 aliphatic rings. The maximum atomic E-state index is 12.6. The van der Waals surface area contributed by atoms with Crippen molar-refractivity contribution in [3.8, 4) is 0 Å². The number of likely N-dealkylation sites (tertiary alicyclic amines) is 1. The maximum Gasteiger partial charge on any atom is 0.279 e. The van der Waals surface area contributed by atoms with Crippen molar-refractivity contribution in [3.05, 3.63) is 52.2 Å². The molecule has 1 unspecified atom stereocenters. The second kappa shape index (κ2) is 7.60. The van der Waals surface area contributed by atoms with Gasteiger partial charge in [-0.1, -0.05) is 18.2 Å². The van der Waals surface area contributed by atoms with E-state index < -0.39 is 0 Å². The molecule has 0 bridgehead atoms. The first-order chi connectivity index (χ1) is 12.7. The first-order valence-electron chi connectivity index (χ1n) is 9.28. The van der Waals surface area contributed by atoms with Crippen LogP contribution in [-0.2, 0) is 4.79 Å². The Hall–Kier alpha value is -2.18. The number of amides is 2. The van der Waals surface area contributed by atoms with Crippen LogP contribution in [0, 0.1) is 0 Å². The van der Waals surface area contributed by atoms with Crippen molar-refractivity contribution < 1.29 is 14.5 Å². The SMILES string of the molecule is O=C(C[NH+]1CCC[C@H]1c1cccs1)Nc1ccccc1C(=O)NC1CC1. The van der Waals surface area contributed by atoms with Crippen LogP contribution in [-0.4, -0.2) is 30.9 Å². The number of hydrogen-bond donors (Lipinski definition) is 3. The van der Waals surface area contributed by atoms with Gasteiger partial charge < -0.3 is 15.5 Å². The van der Waals surface area contributed by atoms with E-state index in [1.54, 1.807) is 23.5 Å². The van der Waals surface area contributed by atoms with Crippen LogP contribution in [0.1, 0.15) is 47.0 Å². The minimum absolute atomic E-state index is 0.0323. The molecule has 6 heteroatoms. The van der Waals surface area contributed by atoms with Crippen molar-refractivity contribution in [2.75, 3.05) is 18.4 Å². The molecule has 2 aromatic rings. The lowest BCUT2D eigenvalue weighted by atomic mass is 10.1. The molecular weight excluding hydrogens is 346 g/mol. The quantitative estimate of drug-likeness (QED) is 0.728. The van der Waals surface area contributed by atoms with Crippen molar-refractivity contribution in [3.63, 3.8) is 0 Å². The number of anilines is 1. The van der Waals surface area contributed by atoms with E-state index in [4.69, 9.17) is 0 Å². The normalized spacial score (nSPS) is 22.2. The Labute approximate surface area is 157 Å². The fraction of sp³-hybridized carbons (Fsp3) is 0.400. The molecule has 136 valence electrons. The third-order valence-electron chi connectivity index (χ3n) is 5.12. The maximum absolute atomic E-state index is 12.6. The van der Waals surface area contributed by atoms with E-state index in [0.29, 0.717) is 29.9 Å². The molecule has 0 radical (unpaired) electrons. The Morgan fingerprint density at radius 2 is 1.96 bits per heavy atom. The zero-order valence-corrected chi connectivity index (χ0v) is 15.5. The van der Waals surface area contributed by atoms with Crippen LogP contribution in [0.15, 0.2) is 41.8 Å². The third-order valence-corrected chi connectivity index (χ3v) is 6.10. The summed E-state index contributed by atoms with van der Waals surface area (Å²) in [6, 6.07) is 12.2. The van der Waals surface area contributed by atoms with Crippen LogP contribution in [0.4, 0.5) is 5.69 Å². The highest BCUT2D eigenvalue weighted by Gasteiger charge is 2.32. The van der Waals surface area contributed by atoms with Crippen molar-refractivity contribution in [1.82, 2.24) is 5.32 Å². The summed E-state index contributed by atoms with van der Waals surface area (Å²) in [5.41, 5.74) is 1.14. The molecule has 5 nitrogen and oxygen atoms in total. The highest BCUT2D eigenvalue weighted by atomic mass is 32.1. The number of quaternary nitrogens is 1. The molecule has 1 aliphatic carbocycles. The molecule has 2 amide bonds. The van der Waals surface area contributed by atoms with Gasteiger partial charge in [-0.15, -0.1) is 11.3 Å². The van der Waals surface area contributed by atoms with Crippen molar-refractivity contribution in [2.45, 2.75) is 37.8 Å². The number of carbonyl (C=O) groups is 2. The number of thiophene rings is 1. The monoisotopic (exact) mass is 370 g/mol. The molecule has 26 heavy (non-hydrogen) atoms. The number of carbonyl (C=O) groups excluding carboxylic acids is 2. The lowest BCUT2D eigenvalue weighted by Gasteiger charge is -2.20. The largest absolute Gasteiger partial charge is 0.349 e. The molecule has 3 N–H and O–H groups in total. The Morgan fingerprint density at radius 1 is 1.12 bits per heavy atom. The van der Waals surface area contributed by atoms with Gasteiger partial charge in [0.1, 0.15) is 6.04 Å². The Morgan fingerprint density at radius 3 is 2.73 bits per heavy atom. The molecule has 1 aromatic heterocycles. The fourth-order valence-corrected chi connectivity index (χ4v) is 4.56. The predicted octanol–water partition coefficient (Wildman–Crippen LogP) is 2.00. The van der Waals surface area contributed by atoms with Crippen LogP contribution in [0.5, 0.6) is 0 Å². The van der Waals surface area contributed by atoms with E-state index in [1.807, 2.05) is 12.1 Å². The van der Waals surface area contributed by atoms with Crippen LogP contribution >= 0.6 is 11.3 Å². The average molecular weight is 370 g/mol. The zero-order chi connectivity index (χ0) is 17.9. The summed E-state index contributed by atoms with van der Waals surface area (Å²) in [6.45, 7) is 1.45. The van der Waals surface area contributed by atoms with Crippen molar-refractivity contribution in [2.24, 2.45) is 0 Å². The zero-order valence-electron chi connectivity index (χ0n) is 14.7. The Balaban J connectivity index is 1.41. The van der Waals surface area contributed by atoms with Gasteiger partial charge >= 0.3 is 0 Å². The smallest absolute Gasteiger partial charge is 0.279 e. The standard InChI is InChI=1S/C20H23N3O2S/c24-19(13-23-11-3-7-17(23)18-8-4-12-26-18)22-16-6-2-1-5-15(16)20(25)21-14-9-10-14/h1-2,4-6,8,12,14,17H,3,7,9-11,13H2,(H,21,25)(H,22,24)/p+1/t17-/m0/s1. The van der Waals surface area contributed by atoms with E-state index in [-0.39, 0.29) is 11.8 Å². The summed E-state index contributed by atoms with van der Waals surface area (Å²) < 4.78 is 0. The van der Waals surface area contributed by atoms with Gasteiger partial charge in [-0.3, -0.25) is 9.59 Å². The molecule has 0 spiro atoms. The molecule has 1 saturated heterocycles. The van der Waals surface area contributed by atoms with Crippen LogP contribution in [0.25, 0.3) is 0 Å². The summed E-state index contributed by atoms with van der Waals surface area (Å²) in [6.07, 6.45) is 4.36. The molecule has 2 fully saturated rings. The first kappa shape index (κ1) is 17.2. The molecule has 1 aliphatic heterocycles. The second-order valence-corrected chi connectivity index (χ2v) is 8.12. The molecule has 2 heterocycles. The average Bonchev–Trinajstić information content (AvgIpc) is 3.10. The van der Waals surface area contributed by atoms with Gasteiger partial charge in [-0.25, -0.2) is 0 Å². The minimum Gasteiger partial charge on any atom is -0.349 e. The molecule has 1 saturated carbocycles. The molecule has 2 atom stereocenters. The fourth-order valence-electron chi connectivity index (χ4n) is 3.64. The third kappa shape index (κ3) is 3.97. The van der Waals surface area contributed by atoms with Gasteiger partial charge in [-0.2, -0.15) is 0 Å². The summed E-state index contributed by atoms with van der Waals surface area (Å²) >= 11 is 1.77. The van der Waals surface area contributed by atoms with Gasteiger partial charge in [0.15, 0.2) is 6.54 Å². The number of nitrogens with one attached hydrogen (secondary N) is 3. The predicted molar refractivity (Wildman–Crippen MR) is 103 cm³/mol. The highest BCUT2D eigenvalue weighted by Crippen LogP contribution is 2.24. The van der Waals surface area contributed by atoms with Gasteiger partial charge in [0, 0.05) is 18.9 Å². The lowest BCUT2D eigenvalue weighted by molar-refractivity contribution is -0.910. The van der Waals surface area contributed by atoms with E-state index in [0.717, 1.165) is 32.2 Å². The van der Waals surface area contributed by atoms with Crippen LogP contribution in [0.2, 0.25) is 0 Å². The van der Waals surface area contributed by atoms with E-state index in [2.05, 4.69) is 28.1 Å². The second-order valence-electron chi connectivity index (χ2n) is 7.14. The Kier molecular flexibility index (Phi) is 5.04. The van der Waals surface area contributed by atoms with E-state index >= 15 is 0 Å². The van der Waals surface area contributed by atoms with E-state index in [1.165, 1.54) is 9.78 Å². The lowest BCUT2D eigenvalue weighted by Crippen LogP contribution is -3.11. The number of rotatable bonds is 6. The number of hydrogen-bond acceptors (Lipinski definition) is 3. The topological polar surface area (TPSA) is 62.6 Å². The summed E-state index contributed by atoms with van der Waals surface area (Å²) in [7, 11) is 0.